The predicted octanol–water partition coefficient (Wildman–Crippen LogP) is 4.51. The zero-order chi connectivity index (χ0) is 15.9. The number of nitrogen functional groups attached to an aromatic ring is 1. The van der Waals surface area contributed by atoms with Gasteiger partial charge in [0.15, 0.2) is 0 Å². The van der Waals surface area contributed by atoms with E-state index in [0.717, 1.165) is 31.6 Å². The Morgan fingerprint density at radius 1 is 1.27 bits per heavy atom. The van der Waals surface area contributed by atoms with Crippen LogP contribution in [-0.2, 0) is 0 Å². The van der Waals surface area contributed by atoms with E-state index in [1.165, 1.54) is 11.3 Å². The van der Waals surface area contributed by atoms with Crippen molar-refractivity contribution in [2.75, 3.05) is 11.1 Å². The molecule has 0 fully saturated rings. The molecule has 0 spiro atoms. The largest absolute Gasteiger partial charge is 0.397 e. The number of nitrogens with zero attached hydrogens (tertiary/aromatic N) is 1. The maximum absolute atomic E-state index is 12.4. The molecule has 3 N–H and O–H groups in total. The number of benzene rings is 1. The molecule has 2 aromatic heterocycles. The van der Waals surface area contributed by atoms with Gasteiger partial charge in [0.25, 0.3) is 5.91 Å². The highest BCUT2D eigenvalue weighted by molar-refractivity contribution is 9.10. The molecule has 112 valence electrons. The highest BCUT2D eigenvalue weighted by Gasteiger charge is 2.18. The second kappa shape index (κ2) is 5.70. The fraction of sp³-hybridized carbons (Fsp3) is 0.125. The number of nitrogens with one attached hydrogen (secondary N) is 1. The molecule has 0 saturated carbocycles. The summed E-state index contributed by atoms with van der Waals surface area (Å²) < 4.78 is 0.960. The molecule has 0 aliphatic heterocycles. The summed E-state index contributed by atoms with van der Waals surface area (Å²) in [6, 6.07) is 9.40. The van der Waals surface area contributed by atoms with Crippen LogP contribution in [0.4, 0.5) is 11.4 Å². The van der Waals surface area contributed by atoms with Crippen molar-refractivity contribution in [3.63, 3.8) is 0 Å². The molecule has 0 radical (unpaired) electrons. The number of amides is 1. The van der Waals surface area contributed by atoms with Crippen molar-refractivity contribution in [3.8, 4) is 0 Å². The van der Waals surface area contributed by atoms with Gasteiger partial charge in [-0.2, -0.15) is 0 Å². The van der Waals surface area contributed by atoms with Crippen molar-refractivity contribution >= 4 is 54.8 Å². The smallest absolute Gasteiger partial charge is 0.267 e. The Labute approximate surface area is 140 Å². The number of nitrogens with two attached hydrogens (primary N) is 1. The zero-order valence-electron chi connectivity index (χ0n) is 12.1. The van der Waals surface area contributed by atoms with E-state index in [1.54, 1.807) is 0 Å². The van der Waals surface area contributed by atoms with Gasteiger partial charge in [0, 0.05) is 21.2 Å². The Bertz CT molecular complexity index is 871. The first kappa shape index (κ1) is 15.0. The summed E-state index contributed by atoms with van der Waals surface area (Å²) >= 11 is 4.69. The van der Waals surface area contributed by atoms with Gasteiger partial charge in [0.2, 0.25) is 0 Å². The maximum Gasteiger partial charge on any atom is 0.267 e. The molecule has 1 amide bonds. The van der Waals surface area contributed by atoms with Crippen LogP contribution in [-0.4, -0.2) is 10.9 Å². The molecule has 3 aromatic rings. The van der Waals surface area contributed by atoms with E-state index in [4.69, 9.17) is 5.73 Å². The maximum atomic E-state index is 12.4. The molecule has 0 saturated heterocycles. The van der Waals surface area contributed by atoms with Gasteiger partial charge in [0.05, 0.1) is 5.69 Å². The SMILES string of the molecule is Cc1cc2c(N)c(C(=O)Nc3ccc(Br)cc3)sc2nc1C. The predicted molar refractivity (Wildman–Crippen MR) is 95.6 cm³/mol. The Morgan fingerprint density at radius 2 is 1.95 bits per heavy atom. The molecule has 22 heavy (non-hydrogen) atoms. The molecule has 3 rings (SSSR count). The molecule has 0 bridgehead atoms. The van der Waals surface area contributed by atoms with E-state index in [-0.39, 0.29) is 5.91 Å². The molecule has 6 heteroatoms. The minimum atomic E-state index is -0.210. The summed E-state index contributed by atoms with van der Waals surface area (Å²) in [5.74, 6) is -0.210. The first-order valence-corrected chi connectivity index (χ1v) is 8.30. The van der Waals surface area contributed by atoms with Crippen LogP contribution in [0, 0.1) is 13.8 Å². The second-order valence-corrected chi connectivity index (χ2v) is 6.96. The third-order valence-electron chi connectivity index (χ3n) is 3.47. The van der Waals surface area contributed by atoms with Gasteiger partial charge in [-0.25, -0.2) is 4.98 Å². The second-order valence-electron chi connectivity index (χ2n) is 5.05. The van der Waals surface area contributed by atoms with Crippen molar-refractivity contribution < 1.29 is 4.79 Å². The molecule has 0 aliphatic carbocycles. The Hall–Kier alpha value is -1.92. The molecule has 1 aromatic carbocycles. The number of rotatable bonds is 2. The molecule has 4 nitrogen and oxygen atoms in total. The first-order valence-electron chi connectivity index (χ1n) is 6.69. The van der Waals surface area contributed by atoms with Crippen LogP contribution in [0.1, 0.15) is 20.9 Å². The van der Waals surface area contributed by atoms with Crippen LogP contribution in [0.2, 0.25) is 0 Å². The summed E-state index contributed by atoms with van der Waals surface area (Å²) in [7, 11) is 0. The van der Waals surface area contributed by atoms with Crippen LogP contribution in [0.15, 0.2) is 34.8 Å². The van der Waals surface area contributed by atoms with E-state index in [9.17, 15) is 4.79 Å². The number of hydrogen-bond acceptors (Lipinski definition) is 4. The fourth-order valence-electron chi connectivity index (χ4n) is 2.12. The van der Waals surface area contributed by atoms with Crippen LogP contribution in [0.3, 0.4) is 0 Å². The Balaban J connectivity index is 1.97. The lowest BCUT2D eigenvalue weighted by Crippen LogP contribution is -2.11. The van der Waals surface area contributed by atoms with Crippen molar-refractivity contribution in [1.29, 1.82) is 0 Å². The van der Waals surface area contributed by atoms with Crippen LogP contribution >= 0.6 is 27.3 Å². The number of hydrogen-bond donors (Lipinski definition) is 2. The van der Waals surface area contributed by atoms with E-state index < -0.39 is 0 Å². The van der Waals surface area contributed by atoms with Crippen molar-refractivity contribution in [2.24, 2.45) is 0 Å². The van der Waals surface area contributed by atoms with Crippen molar-refractivity contribution in [3.05, 3.63) is 50.9 Å². The van der Waals surface area contributed by atoms with Gasteiger partial charge in [0.1, 0.15) is 9.71 Å². The zero-order valence-corrected chi connectivity index (χ0v) is 14.5. The molecule has 0 unspecified atom stereocenters. The molecule has 0 aliphatic rings. The Kier molecular flexibility index (Phi) is 3.88. The number of anilines is 2. The number of thiophene rings is 1. The van der Waals surface area contributed by atoms with Gasteiger partial charge in [-0.05, 0) is 49.7 Å². The molecular formula is C16H14BrN3OS. The molecule has 0 atom stereocenters. The minimum Gasteiger partial charge on any atom is -0.397 e. The van der Waals surface area contributed by atoms with E-state index >= 15 is 0 Å². The van der Waals surface area contributed by atoms with Crippen LogP contribution in [0.5, 0.6) is 0 Å². The minimum absolute atomic E-state index is 0.210. The molecular weight excluding hydrogens is 362 g/mol. The number of carbonyl (C=O) groups is 1. The van der Waals surface area contributed by atoms with Crippen LogP contribution in [0.25, 0.3) is 10.2 Å². The summed E-state index contributed by atoms with van der Waals surface area (Å²) in [6.07, 6.45) is 0. The highest BCUT2D eigenvalue weighted by atomic mass is 79.9. The number of pyridine rings is 1. The standard InChI is InChI=1S/C16H14BrN3OS/c1-8-7-12-13(18)14(22-16(12)19-9(8)2)15(21)20-11-5-3-10(17)4-6-11/h3-7H,18H2,1-2H3,(H,20,21). The topological polar surface area (TPSA) is 68.0 Å². The quantitative estimate of drug-likeness (QED) is 0.692. The van der Waals surface area contributed by atoms with Crippen molar-refractivity contribution in [1.82, 2.24) is 4.98 Å². The summed E-state index contributed by atoms with van der Waals surface area (Å²) in [4.78, 5) is 18.2. The van der Waals surface area contributed by atoms with Crippen molar-refractivity contribution in [2.45, 2.75) is 13.8 Å². The third-order valence-corrected chi connectivity index (χ3v) is 5.12. The molecule has 2 heterocycles. The lowest BCUT2D eigenvalue weighted by Gasteiger charge is -2.04. The average Bonchev–Trinajstić information content (AvgIpc) is 2.79. The van der Waals surface area contributed by atoms with Gasteiger partial charge in [-0.3, -0.25) is 4.79 Å². The number of aryl methyl sites for hydroxylation is 2. The van der Waals surface area contributed by atoms with E-state index in [2.05, 4.69) is 26.2 Å². The van der Waals surface area contributed by atoms with Gasteiger partial charge in [-0.15, -0.1) is 11.3 Å². The lowest BCUT2D eigenvalue weighted by molar-refractivity contribution is 0.103. The van der Waals surface area contributed by atoms with E-state index in [1.807, 2.05) is 44.2 Å². The van der Waals surface area contributed by atoms with E-state index in [0.29, 0.717) is 10.6 Å². The highest BCUT2D eigenvalue weighted by Crippen LogP contribution is 2.34. The number of fused-ring (bicyclic) bond motifs is 1. The fourth-order valence-corrected chi connectivity index (χ4v) is 3.40. The average molecular weight is 376 g/mol. The summed E-state index contributed by atoms with van der Waals surface area (Å²) in [5.41, 5.74) is 9.38. The monoisotopic (exact) mass is 375 g/mol. The Morgan fingerprint density at radius 3 is 2.64 bits per heavy atom. The van der Waals surface area contributed by atoms with Gasteiger partial charge < -0.3 is 11.1 Å². The third kappa shape index (κ3) is 2.71. The summed E-state index contributed by atoms with van der Waals surface area (Å²) in [5, 5.41) is 3.70. The van der Waals surface area contributed by atoms with Gasteiger partial charge >= 0.3 is 0 Å². The first-order chi connectivity index (χ1) is 10.5. The van der Waals surface area contributed by atoms with Gasteiger partial charge in [-0.1, -0.05) is 15.9 Å². The number of carbonyl (C=O) groups excluding carboxylic acids is 1. The summed E-state index contributed by atoms with van der Waals surface area (Å²) in [6.45, 7) is 3.94. The number of halogens is 1. The number of aromatic nitrogens is 1. The normalized spacial score (nSPS) is 10.9. The van der Waals surface area contributed by atoms with Crippen LogP contribution < -0.4 is 11.1 Å². The lowest BCUT2D eigenvalue weighted by atomic mass is 10.1.